The summed E-state index contributed by atoms with van der Waals surface area (Å²) in [7, 11) is 1.96. The van der Waals surface area contributed by atoms with Crippen LogP contribution in [0.4, 0.5) is 0 Å². The first kappa shape index (κ1) is 10.9. The second-order valence-corrected chi connectivity index (χ2v) is 4.32. The number of nitrogens with one attached hydrogen (secondary N) is 1. The first-order chi connectivity index (χ1) is 7.22. The quantitative estimate of drug-likeness (QED) is 0.830. The minimum absolute atomic E-state index is 0.658. The number of aromatic nitrogens is 2. The van der Waals surface area contributed by atoms with Crippen molar-refractivity contribution in [2.75, 3.05) is 19.6 Å². The van der Waals surface area contributed by atoms with Gasteiger partial charge in [0.05, 0.1) is 12.7 Å². The molecule has 2 rings (SSSR count). The Morgan fingerprint density at radius 1 is 1.67 bits per heavy atom. The molecule has 1 aromatic heterocycles. The van der Waals surface area contributed by atoms with Gasteiger partial charge in [-0.2, -0.15) is 0 Å². The maximum atomic E-state index is 5.95. The summed E-state index contributed by atoms with van der Waals surface area (Å²) in [5, 5.41) is 3.99. The molecular weight excluding hydrogens is 212 g/mol. The second-order valence-electron chi connectivity index (χ2n) is 3.93. The van der Waals surface area contributed by atoms with Crippen LogP contribution in [0.15, 0.2) is 6.20 Å². The van der Waals surface area contributed by atoms with Crippen molar-refractivity contribution in [2.24, 2.45) is 7.05 Å². The lowest BCUT2D eigenvalue weighted by Gasteiger charge is -2.37. The molecular formula is C10H17ClN4. The van der Waals surface area contributed by atoms with Gasteiger partial charge in [0.15, 0.2) is 0 Å². The Bertz CT molecular complexity index is 332. The minimum Gasteiger partial charge on any atom is -0.321 e. The van der Waals surface area contributed by atoms with Gasteiger partial charge in [0, 0.05) is 26.2 Å². The smallest absolute Gasteiger partial charge is 0.128 e. The molecule has 1 aliphatic rings. The molecule has 1 N–H and O–H groups in total. The van der Waals surface area contributed by atoms with Crippen molar-refractivity contribution in [1.82, 2.24) is 19.8 Å². The molecule has 0 aromatic carbocycles. The molecule has 0 amide bonds. The van der Waals surface area contributed by atoms with Crippen LogP contribution in [0.5, 0.6) is 0 Å². The van der Waals surface area contributed by atoms with Crippen molar-refractivity contribution in [3.63, 3.8) is 0 Å². The van der Waals surface area contributed by atoms with E-state index < -0.39 is 0 Å². The molecule has 15 heavy (non-hydrogen) atoms. The highest BCUT2D eigenvalue weighted by molar-refractivity contribution is 6.29. The van der Waals surface area contributed by atoms with Crippen LogP contribution in [0.3, 0.4) is 0 Å². The number of rotatable bonds is 4. The molecule has 0 unspecified atom stereocenters. The van der Waals surface area contributed by atoms with E-state index in [0.717, 1.165) is 32.0 Å². The standard InChI is InChI=1S/C10H17ClN4/c1-3-15(8-4-12-5-8)7-10-13-6-9(11)14(10)2/h6,8,12H,3-5,7H2,1-2H3. The molecule has 0 atom stereocenters. The average Bonchev–Trinajstić information content (AvgIpc) is 2.45. The van der Waals surface area contributed by atoms with E-state index in [1.807, 2.05) is 11.6 Å². The van der Waals surface area contributed by atoms with E-state index in [4.69, 9.17) is 11.6 Å². The average molecular weight is 229 g/mol. The van der Waals surface area contributed by atoms with Crippen molar-refractivity contribution in [3.8, 4) is 0 Å². The highest BCUT2D eigenvalue weighted by atomic mass is 35.5. The van der Waals surface area contributed by atoms with Crippen LogP contribution in [0, 0.1) is 0 Å². The second kappa shape index (κ2) is 4.51. The molecule has 1 saturated heterocycles. The van der Waals surface area contributed by atoms with Gasteiger partial charge < -0.3 is 9.88 Å². The molecule has 2 heterocycles. The van der Waals surface area contributed by atoms with E-state index in [9.17, 15) is 0 Å². The van der Waals surface area contributed by atoms with Gasteiger partial charge in [-0.25, -0.2) is 4.98 Å². The van der Waals surface area contributed by atoms with E-state index in [-0.39, 0.29) is 0 Å². The van der Waals surface area contributed by atoms with Crippen LogP contribution in [0.2, 0.25) is 5.15 Å². The van der Waals surface area contributed by atoms with E-state index in [1.165, 1.54) is 0 Å². The number of imidazole rings is 1. The van der Waals surface area contributed by atoms with E-state index in [1.54, 1.807) is 6.20 Å². The Kier molecular flexibility index (Phi) is 3.29. The van der Waals surface area contributed by atoms with Crippen molar-refractivity contribution >= 4 is 11.6 Å². The fraction of sp³-hybridized carbons (Fsp3) is 0.700. The third-order valence-corrected chi connectivity index (χ3v) is 3.41. The lowest BCUT2D eigenvalue weighted by atomic mass is 10.1. The van der Waals surface area contributed by atoms with E-state index in [0.29, 0.717) is 11.2 Å². The zero-order chi connectivity index (χ0) is 10.8. The molecule has 0 saturated carbocycles. The minimum atomic E-state index is 0.658. The van der Waals surface area contributed by atoms with Crippen LogP contribution in [0.25, 0.3) is 0 Å². The molecule has 84 valence electrons. The SMILES string of the molecule is CCN(Cc1ncc(Cl)n1C)C1CNC1. The molecule has 5 heteroatoms. The van der Waals surface area contributed by atoms with Crippen molar-refractivity contribution in [1.29, 1.82) is 0 Å². The third kappa shape index (κ3) is 2.17. The Labute approximate surface area is 95.2 Å². The summed E-state index contributed by atoms with van der Waals surface area (Å²) in [5.74, 6) is 1.04. The molecule has 0 spiro atoms. The van der Waals surface area contributed by atoms with Crippen LogP contribution < -0.4 is 5.32 Å². The summed E-state index contributed by atoms with van der Waals surface area (Å²) in [6.07, 6.45) is 1.71. The highest BCUT2D eigenvalue weighted by Gasteiger charge is 2.24. The van der Waals surface area contributed by atoms with Crippen LogP contribution in [-0.2, 0) is 13.6 Å². The van der Waals surface area contributed by atoms with Gasteiger partial charge in [-0.1, -0.05) is 18.5 Å². The van der Waals surface area contributed by atoms with Crippen molar-refractivity contribution in [3.05, 3.63) is 17.2 Å². The first-order valence-corrected chi connectivity index (χ1v) is 5.71. The van der Waals surface area contributed by atoms with E-state index in [2.05, 4.69) is 22.1 Å². The van der Waals surface area contributed by atoms with E-state index >= 15 is 0 Å². The predicted molar refractivity (Wildman–Crippen MR) is 61.0 cm³/mol. The van der Waals surface area contributed by atoms with Crippen molar-refractivity contribution < 1.29 is 0 Å². The summed E-state index contributed by atoms with van der Waals surface area (Å²) in [6.45, 7) is 6.30. The lowest BCUT2D eigenvalue weighted by molar-refractivity contribution is 0.140. The summed E-state index contributed by atoms with van der Waals surface area (Å²) < 4.78 is 1.94. The van der Waals surface area contributed by atoms with Crippen LogP contribution in [0.1, 0.15) is 12.7 Å². The number of hydrogen-bond acceptors (Lipinski definition) is 3. The predicted octanol–water partition coefficient (Wildman–Crippen LogP) is 0.867. The fourth-order valence-corrected chi connectivity index (χ4v) is 1.93. The molecule has 0 aliphatic carbocycles. The maximum Gasteiger partial charge on any atom is 0.128 e. The Hall–Kier alpha value is -0.580. The molecule has 0 radical (unpaired) electrons. The number of nitrogens with zero attached hydrogens (tertiary/aromatic N) is 3. The third-order valence-electron chi connectivity index (χ3n) is 3.05. The summed E-state index contributed by atoms with van der Waals surface area (Å²) in [6, 6.07) is 0.658. The highest BCUT2D eigenvalue weighted by Crippen LogP contribution is 2.13. The van der Waals surface area contributed by atoms with Crippen LogP contribution in [-0.4, -0.2) is 40.1 Å². The van der Waals surface area contributed by atoms with Gasteiger partial charge in [-0.3, -0.25) is 4.90 Å². The van der Waals surface area contributed by atoms with Gasteiger partial charge in [0.1, 0.15) is 11.0 Å². The summed E-state index contributed by atoms with van der Waals surface area (Å²) in [5.41, 5.74) is 0. The zero-order valence-corrected chi connectivity index (χ0v) is 9.96. The summed E-state index contributed by atoms with van der Waals surface area (Å²) >= 11 is 5.95. The van der Waals surface area contributed by atoms with Gasteiger partial charge in [-0.15, -0.1) is 0 Å². The maximum absolute atomic E-state index is 5.95. The van der Waals surface area contributed by atoms with Gasteiger partial charge in [0.25, 0.3) is 0 Å². The Balaban J connectivity index is 2.02. The molecule has 1 fully saturated rings. The molecule has 4 nitrogen and oxygen atoms in total. The van der Waals surface area contributed by atoms with Crippen molar-refractivity contribution in [2.45, 2.75) is 19.5 Å². The van der Waals surface area contributed by atoms with Gasteiger partial charge in [-0.05, 0) is 6.54 Å². The largest absolute Gasteiger partial charge is 0.321 e. The number of likely N-dealkylation sites (N-methyl/N-ethyl adjacent to an activating group) is 1. The molecule has 1 aromatic rings. The normalized spacial score (nSPS) is 17.1. The fourth-order valence-electron chi connectivity index (χ4n) is 1.78. The lowest BCUT2D eigenvalue weighted by Crippen LogP contribution is -2.56. The monoisotopic (exact) mass is 228 g/mol. The van der Waals surface area contributed by atoms with Gasteiger partial charge in [0.2, 0.25) is 0 Å². The summed E-state index contributed by atoms with van der Waals surface area (Å²) in [4.78, 5) is 6.74. The molecule has 0 bridgehead atoms. The Morgan fingerprint density at radius 3 is 2.80 bits per heavy atom. The Morgan fingerprint density at radius 2 is 2.40 bits per heavy atom. The van der Waals surface area contributed by atoms with Gasteiger partial charge >= 0.3 is 0 Å². The molecule has 1 aliphatic heterocycles. The van der Waals surface area contributed by atoms with Crippen LogP contribution >= 0.6 is 11.6 Å². The number of halogens is 1. The number of hydrogen-bond donors (Lipinski definition) is 1. The first-order valence-electron chi connectivity index (χ1n) is 5.33. The zero-order valence-electron chi connectivity index (χ0n) is 9.20. The topological polar surface area (TPSA) is 33.1 Å².